The highest BCUT2D eigenvalue weighted by molar-refractivity contribution is 14.0. The average Bonchev–Trinajstić information content (AvgIpc) is 3.22. The van der Waals surface area contributed by atoms with E-state index >= 15 is 0 Å². The first kappa shape index (κ1) is 25.4. The zero-order valence-electron chi connectivity index (χ0n) is 15.3. The van der Waals surface area contributed by atoms with Crippen LogP contribution in [-0.2, 0) is 10.0 Å². The van der Waals surface area contributed by atoms with Gasteiger partial charge in [-0.3, -0.25) is 9.89 Å². The fraction of sp³-hybridized carbons (Fsp3) is 0.667. The first-order valence-corrected chi connectivity index (χ1v) is 10.9. The molecule has 0 spiro atoms. The minimum Gasteiger partial charge on any atom is -0.357 e. The number of rotatable bonds is 8. The van der Waals surface area contributed by atoms with E-state index in [2.05, 4.69) is 20.3 Å². The molecule has 3 N–H and O–H groups in total. The third-order valence-electron chi connectivity index (χ3n) is 3.79. The lowest BCUT2D eigenvalue weighted by molar-refractivity contribution is -0.143. The van der Waals surface area contributed by atoms with Gasteiger partial charge in [0, 0.05) is 32.2 Å². The molecule has 2 heterocycles. The number of nitrogens with zero attached hydrogens (tertiary/aromatic N) is 2. The lowest BCUT2D eigenvalue weighted by Gasteiger charge is -2.19. The summed E-state index contributed by atoms with van der Waals surface area (Å²) in [6.07, 6.45) is -3.61. The van der Waals surface area contributed by atoms with Gasteiger partial charge in [0.25, 0.3) is 0 Å². The Bertz CT molecular complexity index is 714. The van der Waals surface area contributed by atoms with E-state index in [-0.39, 0.29) is 53.9 Å². The molecule has 0 amide bonds. The second kappa shape index (κ2) is 11.5. The van der Waals surface area contributed by atoms with Crippen molar-refractivity contribution in [2.24, 2.45) is 4.99 Å². The molecule has 28 heavy (non-hydrogen) atoms. The van der Waals surface area contributed by atoms with Gasteiger partial charge >= 0.3 is 6.18 Å². The SMILES string of the molecule is CCNC(=NCCNS(=O)(=O)c1cccs1)NC1CCN(CC(F)(F)F)C1.I. The smallest absolute Gasteiger partial charge is 0.357 e. The third-order valence-corrected chi connectivity index (χ3v) is 6.65. The van der Waals surface area contributed by atoms with Crippen LogP contribution in [0.5, 0.6) is 0 Å². The average molecular weight is 555 g/mol. The van der Waals surface area contributed by atoms with Gasteiger partial charge in [0.1, 0.15) is 4.21 Å². The zero-order chi connectivity index (χ0) is 19.9. The molecule has 2 rings (SSSR count). The number of aliphatic imine (C=N–C) groups is 1. The summed E-state index contributed by atoms with van der Waals surface area (Å²) in [5, 5.41) is 7.82. The van der Waals surface area contributed by atoms with E-state index < -0.39 is 22.7 Å². The quantitative estimate of drug-likeness (QED) is 0.197. The third kappa shape index (κ3) is 8.80. The van der Waals surface area contributed by atoms with E-state index in [0.717, 1.165) is 11.3 Å². The number of nitrogens with one attached hydrogen (secondary N) is 3. The highest BCUT2D eigenvalue weighted by Crippen LogP contribution is 2.20. The molecule has 1 aromatic heterocycles. The Kier molecular flexibility index (Phi) is 10.4. The number of guanidine groups is 1. The predicted octanol–water partition coefficient (Wildman–Crippen LogP) is 1.84. The summed E-state index contributed by atoms with van der Waals surface area (Å²) in [5.41, 5.74) is 0. The van der Waals surface area contributed by atoms with E-state index in [9.17, 15) is 21.6 Å². The van der Waals surface area contributed by atoms with E-state index in [0.29, 0.717) is 25.5 Å². The van der Waals surface area contributed by atoms with Crippen molar-refractivity contribution in [3.63, 3.8) is 0 Å². The Labute approximate surface area is 184 Å². The number of hydrogen-bond donors (Lipinski definition) is 3. The maximum absolute atomic E-state index is 12.5. The molecular weight excluding hydrogens is 530 g/mol. The monoisotopic (exact) mass is 555 g/mol. The largest absolute Gasteiger partial charge is 0.401 e. The second-order valence-corrected chi connectivity index (χ2v) is 9.01. The molecule has 1 unspecified atom stereocenters. The molecule has 1 fully saturated rings. The van der Waals surface area contributed by atoms with Crippen LogP contribution in [0.1, 0.15) is 13.3 Å². The van der Waals surface area contributed by atoms with Crippen LogP contribution >= 0.6 is 35.3 Å². The maximum Gasteiger partial charge on any atom is 0.401 e. The summed E-state index contributed by atoms with van der Waals surface area (Å²) in [6, 6.07) is 3.05. The number of alkyl halides is 3. The molecule has 162 valence electrons. The Morgan fingerprint density at radius 3 is 2.79 bits per heavy atom. The molecule has 1 saturated heterocycles. The second-order valence-electron chi connectivity index (χ2n) is 6.07. The Hall–Kier alpha value is -0.640. The number of likely N-dealkylation sites (tertiary alicyclic amines) is 1. The molecule has 1 aliphatic rings. The van der Waals surface area contributed by atoms with Gasteiger partial charge < -0.3 is 10.6 Å². The minimum absolute atomic E-state index is 0. The standard InChI is InChI=1S/C15H24F3N5O2S2.HI/c1-2-19-14(22-12-5-8-23(10-12)11-15(16,17)18)20-6-7-21-27(24,25)13-4-3-9-26-13;/h3-4,9,12,21H,2,5-8,10-11H2,1H3,(H2,19,20,22);1H. The van der Waals surface area contributed by atoms with Crippen LogP contribution in [0, 0.1) is 0 Å². The molecule has 0 aromatic carbocycles. The fourth-order valence-corrected chi connectivity index (χ4v) is 4.75. The fourth-order valence-electron chi connectivity index (χ4n) is 2.70. The van der Waals surface area contributed by atoms with Crippen LogP contribution in [0.2, 0.25) is 0 Å². The van der Waals surface area contributed by atoms with Crippen LogP contribution in [0.4, 0.5) is 13.2 Å². The first-order valence-electron chi connectivity index (χ1n) is 8.57. The van der Waals surface area contributed by atoms with Crippen LogP contribution in [0.25, 0.3) is 0 Å². The van der Waals surface area contributed by atoms with Gasteiger partial charge in [-0.05, 0) is 24.8 Å². The van der Waals surface area contributed by atoms with E-state index in [1.165, 1.54) is 11.0 Å². The number of halogens is 4. The van der Waals surface area contributed by atoms with Crippen LogP contribution < -0.4 is 15.4 Å². The van der Waals surface area contributed by atoms with Gasteiger partial charge in [0.15, 0.2) is 5.96 Å². The highest BCUT2D eigenvalue weighted by Gasteiger charge is 2.34. The number of thiophene rings is 1. The zero-order valence-corrected chi connectivity index (χ0v) is 19.3. The Balaban J connectivity index is 0.00000392. The molecule has 0 saturated carbocycles. The molecule has 1 atom stereocenters. The van der Waals surface area contributed by atoms with Gasteiger partial charge in [-0.1, -0.05) is 6.07 Å². The van der Waals surface area contributed by atoms with Crippen molar-refractivity contribution in [1.29, 1.82) is 0 Å². The minimum atomic E-state index is -4.20. The van der Waals surface area contributed by atoms with Crippen molar-refractivity contribution >= 4 is 51.3 Å². The Morgan fingerprint density at radius 1 is 1.43 bits per heavy atom. The van der Waals surface area contributed by atoms with E-state index in [1.807, 2.05) is 6.92 Å². The summed E-state index contributed by atoms with van der Waals surface area (Å²) in [5.74, 6) is 0.465. The van der Waals surface area contributed by atoms with Crippen molar-refractivity contribution in [1.82, 2.24) is 20.3 Å². The summed E-state index contributed by atoms with van der Waals surface area (Å²) in [6.45, 7) is 2.54. The van der Waals surface area contributed by atoms with Gasteiger partial charge in [-0.2, -0.15) is 13.2 Å². The van der Waals surface area contributed by atoms with E-state index in [4.69, 9.17) is 0 Å². The van der Waals surface area contributed by atoms with Crippen LogP contribution in [0.3, 0.4) is 0 Å². The summed E-state index contributed by atoms with van der Waals surface area (Å²) < 4.78 is 64.1. The lowest BCUT2D eigenvalue weighted by Crippen LogP contribution is -2.45. The topological polar surface area (TPSA) is 85.8 Å². The van der Waals surface area contributed by atoms with Gasteiger partial charge in [0.2, 0.25) is 10.0 Å². The summed E-state index contributed by atoms with van der Waals surface area (Å²) in [7, 11) is -3.53. The lowest BCUT2D eigenvalue weighted by atomic mass is 10.3. The predicted molar refractivity (Wildman–Crippen MR) is 115 cm³/mol. The van der Waals surface area contributed by atoms with Crippen molar-refractivity contribution in [2.45, 2.75) is 29.8 Å². The number of sulfonamides is 1. The van der Waals surface area contributed by atoms with Crippen molar-refractivity contribution in [2.75, 3.05) is 39.3 Å². The Morgan fingerprint density at radius 2 is 2.18 bits per heavy atom. The molecule has 0 bridgehead atoms. The normalized spacial score (nSPS) is 18.7. The molecule has 13 heteroatoms. The van der Waals surface area contributed by atoms with E-state index in [1.54, 1.807) is 11.4 Å². The molecule has 1 aliphatic heterocycles. The van der Waals surface area contributed by atoms with Crippen molar-refractivity contribution in [3.8, 4) is 0 Å². The van der Waals surface area contributed by atoms with Crippen molar-refractivity contribution < 1.29 is 21.6 Å². The van der Waals surface area contributed by atoms with Gasteiger partial charge in [0.05, 0.1) is 13.1 Å². The van der Waals surface area contributed by atoms with Crippen LogP contribution in [0.15, 0.2) is 26.7 Å². The molecule has 0 aliphatic carbocycles. The first-order chi connectivity index (χ1) is 12.7. The molecule has 0 radical (unpaired) electrons. The van der Waals surface area contributed by atoms with Gasteiger partial charge in [-0.15, -0.1) is 35.3 Å². The van der Waals surface area contributed by atoms with Crippen molar-refractivity contribution in [3.05, 3.63) is 17.5 Å². The van der Waals surface area contributed by atoms with Gasteiger partial charge in [-0.25, -0.2) is 13.1 Å². The summed E-state index contributed by atoms with van der Waals surface area (Å²) >= 11 is 1.13. The number of hydrogen-bond acceptors (Lipinski definition) is 5. The summed E-state index contributed by atoms with van der Waals surface area (Å²) in [4.78, 5) is 5.65. The van der Waals surface area contributed by atoms with Crippen LogP contribution in [-0.4, -0.2) is 70.8 Å². The molecule has 7 nitrogen and oxygen atoms in total. The highest BCUT2D eigenvalue weighted by atomic mass is 127. The maximum atomic E-state index is 12.5. The molecule has 1 aromatic rings. The molecular formula is C15H25F3IN5O2S2.